The molecule has 2 rings (SSSR count). The smallest absolute Gasteiger partial charge is 0.297 e. The Kier molecular flexibility index (Phi) is 42.2. The zero-order valence-electron chi connectivity index (χ0n) is 48.3. The molecular formula is C62H111NO8SSi. The van der Waals surface area contributed by atoms with Crippen molar-refractivity contribution in [3.05, 3.63) is 65.5 Å². The maximum atomic E-state index is 12.9. The highest BCUT2D eigenvalue weighted by molar-refractivity contribution is 7.86. The molecule has 0 amide bonds. The van der Waals surface area contributed by atoms with Gasteiger partial charge in [0.1, 0.15) is 18.0 Å². The number of ether oxygens (including phenoxy) is 3. The van der Waals surface area contributed by atoms with Crippen LogP contribution in [0.3, 0.4) is 0 Å². The molecule has 0 radical (unpaired) electrons. The van der Waals surface area contributed by atoms with Crippen LogP contribution in [0.4, 0.5) is 5.69 Å². The van der Waals surface area contributed by atoms with E-state index < -0.39 is 30.6 Å². The molecule has 0 saturated heterocycles. The van der Waals surface area contributed by atoms with Crippen LogP contribution >= 0.6 is 0 Å². The SMILES string of the molecule is CCCCCCCCCCCCCCCCCCOC[C@@H](CO[Si](C)(C)C(C)(C)C)OS(=O)(=O)c1ccc(C)cc1.[C-]#[N+]c1cccc(O[C@@H](CO)COCCCCCCCCCCCCCCCCCC)c1. The summed E-state index contributed by atoms with van der Waals surface area (Å²) in [6.07, 6.45) is 42.1. The third kappa shape index (κ3) is 38.0. The van der Waals surface area contributed by atoms with E-state index in [1.165, 1.54) is 186 Å². The summed E-state index contributed by atoms with van der Waals surface area (Å²) in [6, 6.07) is 13.8. The van der Waals surface area contributed by atoms with E-state index in [4.69, 9.17) is 29.4 Å². The lowest BCUT2D eigenvalue weighted by Crippen LogP contribution is -2.44. The van der Waals surface area contributed by atoms with Crippen LogP contribution in [-0.4, -0.2) is 73.7 Å². The van der Waals surface area contributed by atoms with Gasteiger partial charge < -0.3 is 23.7 Å². The summed E-state index contributed by atoms with van der Waals surface area (Å²) in [5, 5.41) is 9.52. The highest BCUT2D eigenvalue weighted by Crippen LogP contribution is 2.37. The molecule has 0 heterocycles. The number of hydrogen-bond donors (Lipinski definition) is 1. The Morgan fingerprint density at radius 3 is 1.32 bits per heavy atom. The molecule has 422 valence electrons. The van der Waals surface area contributed by atoms with Gasteiger partial charge in [-0.2, -0.15) is 8.42 Å². The average Bonchev–Trinajstić information content (AvgIpc) is 3.36. The zero-order valence-corrected chi connectivity index (χ0v) is 50.1. The first-order valence-corrected chi connectivity index (χ1v) is 34.0. The highest BCUT2D eigenvalue weighted by atomic mass is 32.2. The predicted octanol–water partition coefficient (Wildman–Crippen LogP) is 18.6. The number of aliphatic hydroxyl groups excluding tert-OH is 1. The molecule has 0 fully saturated rings. The number of aryl methyl sites for hydroxylation is 1. The number of nitrogens with zero attached hydrogens (tertiary/aromatic N) is 1. The summed E-state index contributed by atoms with van der Waals surface area (Å²) >= 11 is 0. The van der Waals surface area contributed by atoms with Crippen molar-refractivity contribution < 1.29 is 36.3 Å². The Labute approximate surface area is 451 Å². The normalized spacial score (nSPS) is 12.8. The van der Waals surface area contributed by atoms with E-state index in [0.29, 0.717) is 31.3 Å². The van der Waals surface area contributed by atoms with Crippen molar-refractivity contribution in [1.82, 2.24) is 0 Å². The van der Waals surface area contributed by atoms with Gasteiger partial charge in [-0.15, -0.1) is 0 Å². The van der Waals surface area contributed by atoms with E-state index >= 15 is 0 Å². The Hall–Kier alpha value is -2.30. The lowest BCUT2D eigenvalue weighted by atomic mass is 10.0. The fraction of sp³-hybridized carbons (Fsp3) is 0.790. The third-order valence-electron chi connectivity index (χ3n) is 14.4. The standard InChI is InChI=1S/C34H64O5SSi.C28H47NO3/c1-8-9-10-11-12-13-14-15-16-17-18-19-20-21-22-23-28-37-29-32(30-38-41(6,7)34(3,4)5)39-40(35,36)33-26-24-31(2)25-27-33;1-3-4-5-6-7-8-9-10-11-12-13-14-15-16-17-18-22-31-25-28(24-30)32-27-21-19-20-26(23-27)29-2/h24-27,32H,8-23,28-30H2,1-7H3;19-21,23,28,30H,3-18,22,24-25H2,1H3/t32-;28-/m00/s1. The predicted molar refractivity (Wildman–Crippen MR) is 311 cm³/mol. The number of hydrogen-bond acceptors (Lipinski definition) is 8. The van der Waals surface area contributed by atoms with Gasteiger partial charge in [0.15, 0.2) is 14.0 Å². The number of benzene rings is 2. The lowest BCUT2D eigenvalue weighted by Gasteiger charge is -2.37. The maximum Gasteiger partial charge on any atom is 0.297 e. The summed E-state index contributed by atoms with van der Waals surface area (Å²) in [4.78, 5) is 3.56. The van der Waals surface area contributed by atoms with E-state index in [1.54, 1.807) is 48.5 Å². The summed E-state index contributed by atoms with van der Waals surface area (Å²) in [6.45, 7) is 26.4. The quantitative estimate of drug-likeness (QED) is 0.0302. The van der Waals surface area contributed by atoms with Crippen LogP contribution in [0.1, 0.15) is 246 Å². The maximum absolute atomic E-state index is 12.9. The van der Waals surface area contributed by atoms with Gasteiger partial charge in [-0.1, -0.05) is 257 Å². The van der Waals surface area contributed by atoms with Crippen LogP contribution < -0.4 is 4.74 Å². The second-order valence-corrected chi connectivity index (χ2v) is 28.7. The van der Waals surface area contributed by atoms with Crippen LogP contribution in [-0.2, 0) is 28.2 Å². The summed E-state index contributed by atoms with van der Waals surface area (Å²) in [7, 11) is -5.95. The Bertz CT molecular complexity index is 1710. The van der Waals surface area contributed by atoms with E-state index in [2.05, 4.69) is 52.6 Å². The number of aliphatic hydroxyl groups is 1. The molecule has 9 nitrogen and oxygen atoms in total. The molecule has 2 aromatic rings. The van der Waals surface area contributed by atoms with Crippen LogP contribution in [0.25, 0.3) is 4.85 Å². The molecule has 2 atom stereocenters. The molecule has 0 unspecified atom stereocenters. The van der Waals surface area contributed by atoms with Gasteiger partial charge in [-0.3, -0.25) is 4.18 Å². The Balaban J connectivity index is 0.000000753. The van der Waals surface area contributed by atoms with E-state index in [-0.39, 0.29) is 29.8 Å². The molecule has 11 heteroatoms. The fourth-order valence-corrected chi connectivity index (χ4v) is 10.5. The molecule has 0 aliphatic rings. The first kappa shape index (κ1) is 68.7. The molecule has 73 heavy (non-hydrogen) atoms. The van der Waals surface area contributed by atoms with Gasteiger partial charge in [0.25, 0.3) is 10.1 Å². The van der Waals surface area contributed by atoms with Gasteiger partial charge in [0.2, 0.25) is 0 Å². The second kappa shape index (κ2) is 44.8. The van der Waals surface area contributed by atoms with E-state index in [9.17, 15) is 13.5 Å². The van der Waals surface area contributed by atoms with E-state index in [1.807, 2.05) is 6.92 Å². The molecule has 0 spiro atoms. The monoisotopic (exact) mass is 1060 g/mol. The number of unbranched alkanes of at least 4 members (excludes halogenated alkanes) is 30. The second-order valence-electron chi connectivity index (χ2n) is 22.3. The van der Waals surface area contributed by atoms with E-state index in [0.717, 1.165) is 24.8 Å². The van der Waals surface area contributed by atoms with Gasteiger partial charge >= 0.3 is 0 Å². The Morgan fingerprint density at radius 2 is 0.945 bits per heavy atom. The summed E-state index contributed by atoms with van der Waals surface area (Å²) < 4.78 is 55.2. The van der Waals surface area contributed by atoms with Gasteiger partial charge in [0.05, 0.1) is 37.9 Å². The Morgan fingerprint density at radius 1 is 0.562 bits per heavy atom. The minimum atomic E-state index is -3.90. The largest absolute Gasteiger partial charge is 0.487 e. The van der Waals surface area contributed by atoms with Crippen molar-refractivity contribution >= 4 is 24.1 Å². The molecule has 0 saturated carbocycles. The molecule has 0 aromatic heterocycles. The summed E-state index contributed by atoms with van der Waals surface area (Å²) in [5.41, 5.74) is 1.54. The number of rotatable bonds is 47. The average molecular weight is 1060 g/mol. The minimum absolute atomic E-state index is 0.0296. The van der Waals surface area contributed by atoms with Crippen LogP contribution in [0.15, 0.2) is 53.4 Å². The van der Waals surface area contributed by atoms with Crippen molar-refractivity contribution in [2.75, 3.05) is 39.6 Å². The van der Waals surface area contributed by atoms with Crippen LogP contribution in [0.5, 0.6) is 5.75 Å². The van der Waals surface area contributed by atoms with Crippen molar-refractivity contribution in [3.63, 3.8) is 0 Å². The third-order valence-corrected chi connectivity index (χ3v) is 20.2. The fourth-order valence-electron chi connectivity index (χ4n) is 8.44. The molecule has 1 N–H and O–H groups in total. The molecule has 2 aromatic carbocycles. The van der Waals surface area contributed by atoms with Gasteiger partial charge in [-0.25, -0.2) is 4.85 Å². The molecule has 0 bridgehead atoms. The first-order valence-electron chi connectivity index (χ1n) is 29.7. The molecule has 0 aliphatic carbocycles. The topological polar surface area (TPSA) is 105 Å². The molecular weight excluding hydrogens is 947 g/mol. The van der Waals surface area contributed by atoms with Crippen molar-refractivity contribution in [2.24, 2.45) is 0 Å². The van der Waals surface area contributed by atoms with Crippen molar-refractivity contribution in [3.8, 4) is 5.75 Å². The van der Waals surface area contributed by atoms with Crippen LogP contribution in [0.2, 0.25) is 18.1 Å². The molecule has 0 aliphatic heterocycles. The van der Waals surface area contributed by atoms with Crippen LogP contribution in [0, 0.1) is 13.5 Å². The first-order chi connectivity index (χ1) is 35.2. The highest BCUT2D eigenvalue weighted by Gasteiger charge is 2.38. The van der Waals surface area contributed by atoms with Crippen molar-refractivity contribution in [2.45, 2.75) is 282 Å². The van der Waals surface area contributed by atoms with Crippen molar-refractivity contribution in [1.29, 1.82) is 0 Å². The van der Waals surface area contributed by atoms with Gasteiger partial charge in [-0.05, 0) is 62.2 Å². The van der Waals surface area contributed by atoms with Gasteiger partial charge in [0, 0.05) is 13.2 Å². The summed E-state index contributed by atoms with van der Waals surface area (Å²) in [5.74, 6) is 0.601. The zero-order chi connectivity index (χ0) is 53.7. The minimum Gasteiger partial charge on any atom is -0.487 e. The lowest BCUT2D eigenvalue weighted by molar-refractivity contribution is 0.0189.